The molecule has 4 heteroatoms. The monoisotopic (exact) mass is 278 g/mol. The molecule has 106 valence electrons. The van der Waals surface area contributed by atoms with Gasteiger partial charge < -0.3 is 11.1 Å². The van der Waals surface area contributed by atoms with Gasteiger partial charge in [-0.15, -0.1) is 0 Å². The second kappa shape index (κ2) is 6.33. The molecular weight excluding hydrogens is 260 g/mol. The zero-order valence-corrected chi connectivity index (χ0v) is 11.8. The molecule has 3 N–H and O–H groups in total. The van der Waals surface area contributed by atoms with Crippen LogP contribution in [0.15, 0.2) is 54.7 Å². The lowest BCUT2D eigenvalue weighted by Crippen LogP contribution is -2.04. The van der Waals surface area contributed by atoms with Gasteiger partial charge in [-0.05, 0) is 36.2 Å². The van der Waals surface area contributed by atoms with Gasteiger partial charge in [0.05, 0.1) is 17.2 Å². The van der Waals surface area contributed by atoms with E-state index in [2.05, 4.69) is 39.6 Å². The average molecular weight is 278 g/mol. The molecule has 1 aromatic heterocycles. The third-order valence-electron chi connectivity index (χ3n) is 3.38. The highest BCUT2D eigenvalue weighted by Crippen LogP contribution is 2.12. The van der Waals surface area contributed by atoms with E-state index in [0.717, 1.165) is 29.8 Å². The lowest BCUT2D eigenvalue weighted by molar-refractivity contribution is 0.965. The fraction of sp³-hybridized carbons (Fsp3) is 0.176. The molecule has 0 aliphatic rings. The summed E-state index contributed by atoms with van der Waals surface area (Å²) in [4.78, 5) is 8.94. The van der Waals surface area contributed by atoms with Crippen molar-refractivity contribution in [3.05, 3.63) is 65.9 Å². The predicted octanol–water partition coefficient (Wildman–Crippen LogP) is 2.74. The van der Waals surface area contributed by atoms with E-state index in [1.165, 1.54) is 11.1 Å². The van der Waals surface area contributed by atoms with Gasteiger partial charge in [0, 0.05) is 6.54 Å². The third kappa shape index (κ3) is 3.35. The van der Waals surface area contributed by atoms with Gasteiger partial charge in [-0.1, -0.05) is 36.4 Å². The molecule has 3 aromatic rings. The van der Waals surface area contributed by atoms with E-state index in [1.807, 2.05) is 24.3 Å². The van der Waals surface area contributed by atoms with Crippen molar-refractivity contribution in [2.45, 2.75) is 13.0 Å². The summed E-state index contributed by atoms with van der Waals surface area (Å²) in [5, 5.41) is 3.31. The molecule has 3 rings (SSSR count). The van der Waals surface area contributed by atoms with Crippen LogP contribution in [0.1, 0.15) is 11.1 Å². The first-order chi connectivity index (χ1) is 10.3. The van der Waals surface area contributed by atoms with Gasteiger partial charge >= 0.3 is 0 Å². The molecule has 0 atom stereocenters. The molecular formula is C17H18N4. The Kier molecular flexibility index (Phi) is 4.07. The number of nitrogens with zero attached hydrogens (tertiary/aromatic N) is 2. The van der Waals surface area contributed by atoms with Crippen molar-refractivity contribution in [3.8, 4) is 0 Å². The van der Waals surface area contributed by atoms with Gasteiger partial charge in [-0.3, -0.25) is 4.98 Å². The fourth-order valence-electron chi connectivity index (χ4n) is 2.23. The molecule has 4 nitrogen and oxygen atoms in total. The van der Waals surface area contributed by atoms with Gasteiger partial charge in [-0.25, -0.2) is 4.98 Å². The van der Waals surface area contributed by atoms with Crippen LogP contribution in [-0.4, -0.2) is 16.5 Å². The van der Waals surface area contributed by atoms with Crippen molar-refractivity contribution in [1.82, 2.24) is 9.97 Å². The number of hydrogen-bond acceptors (Lipinski definition) is 4. The van der Waals surface area contributed by atoms with E-state index < -0.39 is 0 Å². The number of rotatable bonds is 5. The number of para-hydroxylation sites is 2. The topological polar surface area (TPSA) is 63.8 Å². The number of nitrogens with two attached hydrogens (primary N) is 1. The minimum absolute atomic E-state index is 0.685. The number of aromatic nitrogens is 2. The van der Waals surface area contributed by atoms with Crippen LogP contribution in [0.25, 0.3) is 11.0 Å². The molecule has 2 aromatic carbocycles. The lowest BCUT2D eigenvalue weighted by Gasteiger charge is -2.07. The third-order valence-corrected chi connectivity index (χ3v) is 3.38. The molecule has 0 saturated carbocycles. The zero-order valence-electron chi connectivity index (χ0n) is 11.8. The lowest BCUT2D eigenvalue weighted by atomic mass is 10.1. The van der Waals surface area contributed by atoms with Crippen molar-refractivity contribution in [3.63, 3.8) is 0 Å². The highest BCUT2D eigenvalue weighted by Gasteiger charge is 1.99. The normalized spacial score (nSPS) is 10.7. The summed E-state index contributed by atoms with van der Waals surface area (Å²) in [5.41, 5.74) is 9.85. The maximum Gasteiger partial charge on any atom is 0.145 e. The van der Waals surface area contributed by atoms with E-state index in [0.29, 0.717) is 6.54 Å². The van der Waals surface area contributed by atoms with Gasteiger partial charge in [0.1, 0.15) is 5.82 Å². The quantitative estimate of drug-likeness (QED) is 0.753. The van der Waals surface area contributed by atoms with Gasteiger partial charge in [0.2, 0.25) is 0 Å². The van der Waals surface area contributed by atoms with E-state index >= 15 is 0 Å². The molecule has 0 unspecified atom stereocenters. The molecule has 0 aliphatic carbocycles. The van der Waals surface area contributed by atoms with Crippen LogP contribution in [0.4, 0.5) is 5.82 Å². The first kappa shape index (κ1) is 13.5. The summed E-state index contributed by atoms with van der Waals surface area (Å²) in [6, 6.07) is 16.3. The largest absolute Gasteiger partial charge is 0.365 e. The zero-order chi connectivity index (χ0) is 14.5. The Labute approximate surface area is 124 Å². The van der Waals surface area contributed by atoms with Gasteiger partial charge in [0.25, 0.3) is 0 Å². The minimum atomic E-state index is 0.685. The Bertz CT molecular complexity index is 722. The van der Waals surface area contributed by atoms with Gasteiger partial charge in [-0.2, -0.15) is 0 Å². The highest BCUT2D eigenvalue weighted by atomic mass is 15.0. The SMILES string of the molecule is NCCc1ccc(CNc2cnc3ccccc3n2)cc1. The number of hydrogen-bond donors (Lipinski definition) is 2. The first-order valence-electron chi connectivity index (χ1n) is 7.09. The number of nitrogens with one attached hydrogen (secondary N) is 1. The minimum Gasteiger partial charge on any atom is -0.365 e. The summed E-state index contributed by atoms with van der Waals surface area (Å²) in [7, 11) is 0. The van der Waals surface area contributed by atoms with E-state index in [9.17, 15) is 0 Å². The second-order valence-electron chi connectivity index (χ2n) is 4.95. The molecule has 0 bridgehead atoms. The summed E-state index contributed by atoms with van der Waals surface area (Å²) < 4.78 is 0. The summed E-state index contributed by atoms with van der Waals surface area (Å²) in [5.74, 6) is 0.791. The van der Waals surface area contributed by atoms with Crippen LogP contribution in [0.5, 0.6) is 0 Å². The predicted molar refractivity (Wildman–Crippen MR) is 86.1 cm³/mol. The van der Waals surface area contributed by atoms with Crippen LogP contribution >= 0.6 is 0 Å². The van der Waals surface area contributed by atoms with E-state index in [1.54, 1.807) is 6.20 Å². The summed E-state index contributed by atoms with van der Waals surface area (Å²) in [6.45, 7) is 1.42. The Balaban J connectivity index is 1.68. The standard InChI is InChI=1S/C17H18N4/c18-10-9-13-5-7-14(8-6-13)11-20-17-12-19-15-3-1-2-4-16(15)21-17/h1-8,12H,9-11,18H2,(H,20,21). The van der Waals surface area contributed by atoms with E-state index in [4.69, 9.17) is 5.73 Å². The molecule has 0 aliphatic heterocycles. The van der Waals surface area contributed by atoms with Crippen molar-refractivity contribution < 1.29 is 0 Å². The maximum atomic E-state index is 5.55. The molecule has 21 heavy (non-hydrogen) atoms. The Morgan fingerprint density at radius 1 is 0.905 bits per heavy atom. The smallest absolute Gasteiger partial charge is 0.145 e. The average Bonchev–Trinajstić information content (AvgIpc) is 2.54. The number of fused-ring (bicyclic) bond motifs is 1. The van der Waals surface area contributed by atoms with Crippen LogP contribution in [-0.2, 0) is 13.0 Å². The van der Waals surface area contributed by atoms with Crippen molar-refractivity contribution in [2.75, 3.05) is 11.9 Å². The van der Waals surface area contributed by atoms with Crippen LogP contribution in [0, 0.1) is 0 Å². The number of anilines is 1. The molecule has 1 heterocycles. The van der Waals surface area contributed by atoms with Crippen LogP contribution in [0.2, 0.25) is 0 Å². The van der Waals surface area contributed by atoms with Gasteiger partial charge in [0.15, 0.2) is 0 Å². The van der Waals surface area contributed by atoms with Crippen molar-refractivity contribution in [1.29, 1.82) is 0 Å². The summed E-state index contributed by atoms with van der Waals surface area (Å²) >= 11 is 0. The summed E-state index contributed by atoms with van der Waals surface area (Å²) in [6.07, 6.45) is 2.69. The van der Waals surface area contributed by atoms with Crippen molar-refractivity contribution >= 4 is 16.9 Å². The number of benzene rings is 2. The Hall–Kier alpha value is -2.46. The van der Waals surface area contributed by atoms with Crippen LogP contribution < -0.4 is 11.1 Å². The maximum absolute atomic E-state index is 5.55. The highest BCUT2D eigenvalue weighted by molar-refractivity contribution is 5.75. The van der Waals surface area contributed by atoms with E-state index in [-0.39, 0.29) is 0 Å². The second-order valence-corrected chi connectivity index (χ2v) is 4.95. The molecule has 0 saturated heterocycles. The Morgan fingerprint density at radius 3 is 2.38 bits per heavy atom. The molecule has 0 fully saturated rings. The molecule has 0 radical (unpaired) electrons. The van der Waals surface area contributed by atoms with Crippen molar-refractivity contribution in [2.24, 2.45) is 5.73 Å². The first-order valence-corrected chi connectivity index (χ1v) is 7.09. The molecule has 0 spiro atoms. The van der Waals surface area contributed by atoms with Crippen LogP contribution in [0.3, 0.4) is 0 Å². The fourth-order valence-corrected chi connectivity index (χ4v) is 2.23. The Morgan fingerprint density at radius 2 is 1.62 bits per heavy atom. The molecule has 0 amide bonds.